The van der Waals surface area contributed by atoms with Crippen LogP contribution in [0.4, 0.5) is 4.79 Å². The first-order valence-corrected chi connectivity index (χ1v) is 5.56. The number of carbonyl (C=O) groups excluding carboxylic acids is 2. The third-order valence-corrected chi connectivity index (χ3v) is 1.68. The average molecular weight is 268 g/mol. The second-order valence-corrected chi connectivity index (χ2v) is 4.40. The first kappa shape index (κ1) is 16.0. The molecule has 0 fully saturated rings. The zero-order chi connectivity index (χ0) is 13.5. The maximum absolute atomic E-state index is 11.3. The molecule has 0 aromatic rings. The van der Waals surface area contributed by atoms with Gasteiger partial charge in [0.05, 0.1) is 6.54 Å². The largest absolute Gasteiger partial charge is 0.447 e. The van der Waals surface area contributed by atoms with Crippen molar-refractivity contribution in [2.75, 3.05) is 19.7 Å². The average Bonchev–Trinajstić information content (AvgIpc) is 2.16. The minimum absolute atomic E-state index is 0.0405. The summed E-state index contributed by atoms with van der Waals surface area (Å²) in [4.78, 5) is 22.5. The Morgan fingerprint density at radius 2 is 1.94 bits per heavy atom. The number of alkyl halides is 1. The van der Waals surface area contributed by atoms with Crippen LogP contribution in [0.5, 0.6) is 0 Å². The van der Waals surface area contributed by atoms with E-state index < -0.39 is 23.8 Å². The number of carbonyl (C=O) groups is 2. The number of rotatable bonds is 5. The summed E-state index contributed by atoms with van der Waals surface area (Å²) in [5.74, 6) is -0.640. The number of amides is 1. The van der Waals surface area contributed by atoms with Gasteiger partial charge in [0.15, 0.2) is 12.2 Å². The van der Waals surface area contributed by atoms with E-state index in [-0.39, 0.29) is 12.6 Å². The summed E-state index contributed by atoms with van der Waals surface area (Å²) >= 11 is 5.24. The fraction of sp³-hybridized carbons (Fsp3) is 0.800. The summed E-state index contributed by atoms with van der Waals surface area (Å²) in [6.07, 6.45) is -1.53. The number of hydrogen-bond donors (Lipinski definition) is 1. The Labute approximate surface area is 106 Å². The number of alkyl carbamates (subject to hydrolysis) is 1. The normalized spacial score (nSPS) is 12.8. The highest BCUT2D eigenvalue weighted by Crippen LogP contribution is 2.06. The monoisotopic (exact) mass is 267 g/mol. The lowest BCUT2D eigenvalue weighted by atomic mass is 10.2. The van der Waals surface area contributed by atoms with E-state index in [0.717, 1.165) is 0 Å². The maximum atomic E-state index is 11.3. The molecule has 1 unspecified atom stereocenters. The standard InChI is InChI=1S/C10H18ClNO5/c1-10(2,3)17-9(14)12-5-7(15-4)8(13)16-6-11/h7H,5-6H2,1-4H3,(H,12,14). The number of hydrogen-bond acceptors (Lipinski definition) is 5. The molecule has 17 heavy (non-hydrogen) atoms. The summed E-state index contributed by atoms with van der Waals surface area (Å²) < 4.78 is 14.4. The quantitative estimate of drug-likeness (QED) is 0.600. The summed E-state index contributed by atoms with van der Waals surface area (Å²) in [6.45, 7) is 5.17. The van der Waals surface area contributed by atoms with Crippen molar-refractivity contribution in [3.8, 4) is 0 Å². The highest BCUT2D eigenvalue weighted by Gasteiger charge is 2.22. The van der Waals surface area contributed by atoms with E-state index >= 15 is 0 Å². The molecular weight excluding hydrogens is 250 g/mol. The van der Waals surface area contributed by atoms with Gasteiger partial charge < -0.3 is 19.5 Å². The molecule has 0 aliphatic carbocycles. The Morgan fingerprint density at radius 3 is 2.35 bits per heavy atom. The molecule has 0 saturated heterocycles. The zero-order valence-corrected chi connectivity index (χ0v) is 11.2. The predicted octanol–water partition coefficient (Wildman–Crippen LogP) is 1.27. The van der Waals surface area contributed by atoms with Crippen LogP contribution < -0.4 is 5.32 Å². The molecular formula is C10H18ClNO5. The molecule has 0 bridgehead atoms. The Balaban J connectivity index is 4.07. The van der Waals surface area contributed by atoms with Gasteiger partial charge in [0.2, 0.25) is 0 Å². The summed E-state index contributed by atoms with van der Waals surface area (Å²) in [6, 6.07) is -0.259. The molecule has 1 atom stereocenters. The molecule has 0 spiro atoms. The molecule has 0 aromatic carbocycles. The van der Waals surface area contributed by atoms with Crippen molar-refractivity contribution in [1.82, 2.24) is 5.32 Å². The van der Waals surface area contributed by atoms with Gasteiger partial charge in [0.1, 0.15) is 5.60 Å². The van der Waals surface area contributed by atoms with E-state index in [0.29, 0.717) is 0 Å². The first-order valence-electron chi connectivity index (χ1n) is 5.02. The molecule has 1 amide bonds. The summed E-state index contributed by atoms with van der Waals surface area (Å²) in [7, 11) is 1.33. The van der Waals surface area contributed by atoms with E-state index in [4.69, 9.17) is 21.1 Å². The number of nitrogens with one attached hydrogen (secondary N) is 1. The highest BCUT2D eigenvalue weighted by molar-refractivity contribution is 6.17. The lowest BCUT2D eigenvalue weighted by Crippen LogP contribution is -2.41. The van der Waals surface area contributed by atoms with Crippen molar-refractivity contribution >= 4 is 23.7 Å². The maximum Gasteiger partial charge on any atom is 0.407 e. The van der Waals surface area contributed by atoms with Gasteiger partial charge in [0, 0.05) is 7.11 Å². The second-order valence-electron chi connectivity index (χ2n) is 4.18. The van der Waals surface area contributed by atoms with Gasteiger partial charge in [-0.25, -0.2) is 9.59 Å². The van der Waals surface area contributed by atoms with Crippen molar-refractivity contribution in [1.29, 1.82) is 0 Å². The lowest BCUT2D eigenvalue weighted by molar-refractivity contribution is -0.152. The predicted molar refractivity (Wildman–Crippen MR) is 61.8 cm³/mol. The van der Waals surface area contributed by atoms with Crippen LogP contribution in [0.25, 0.3) is 0 Å². The van der Waals surface area contributed by atoms with Crippen molar-refractivity contribution in [2.24, 2.45) is 0 Å². The van der Waals surface area contributed by atoms with E-state index in [1.807, 2.05) is 0 Å². The molecule has 0 heterocycles. The number of ether oxygens (including phenoxy) is 3. The third-order valence-electron chi connectivity index (χ3n) is 1.57. The molecule has 1 N–H and O–H groups in total. The van der Waals surface area contributed by atoms with Gasteiger partial charge in [-0.15, -0.1) is 0 Å². The second kappa shape index (κ2) is 7.34. The van der Waals surface area contributed by atoms with Crippen LogP contribution >= 0.6 is 11.6 Å². The van der Waals surface area contributed by atoms with E-state index in [9.17, 15) is 9.59 Å². The summed E-state index contributed by atoms with van der Waals surface area (Å²) in [5, 5.41) is 2.40. The smallest absolute Gasteiger partial charge is 0.407 e. The van der Waals surface area contributed by atoms with Crippen LogP contribution in [0, 0.1) is 0 Å². The van der Waals surface area contributed by atoms with Crippen LogP contribution in [0.3, 0.4) is 0 Å². The van der Waals surface area contributed by atoms with E-state index in [2.05, 4.69) is 10.1 Å². The fourth-order valence-electron chi connectivity index (χ4n) is 0.900. The van der Waals surface area contributed by atoms with Crippen molar-refractivity contribution < 1.29 is 23.8 Å². The van der Waals surface area contributed by atoms with E-state index in [1.165, 1.54) is 7.11 Å². The van der Waals surface area contributed by atoms with Gasteiger partial charge in [-0.1, -0.05) is 11.6 Å². The Morgan fingerprint density at radius 1 is 1.35 bits per heavy atom. The Hall–Kier alpha value is -1.01. The summed E-state index contributed by atoms with van der Waals surface area (Å²) in [5.41, 5.74) is -0.594. The SMILES string of the molecule is COC(CNC(=O)OC(C)(C)C)C(=O)OCCl. The molecule has 0 aliphatic heterocycles. The molecule has 100 valence electrons. The van der Waals surface area contributed by atoms with Crippen LogP contribution in [0.2, 0.25) is 0 Å². The van der Waals surface area contributed by atoms with Crippen molar-refractivity contribution in [3.63, 3.8) is 0 Å². The minimum Gasteiger partial charge on any atom is -0.447 e. The molecule has 0 aromatic heterocycles. The lowest BCUT2D eigenvalue weighted by Gasteiger charge is -2.20. The van der Waals surface area contributed by atoms with E-state index in [1.54, 1.807) is 20.8 Å². The van der Waals surface area contributed by atoms with Crippen LogP contribution in [-0.4, -0.2) is 43.5 Å². The van der Waals surface area contributed by atoms with Crippen molar-refractivity contribution in [3.05, 3.63) is 0 Å². The van der Waals surface area contributed by atoms with Gasteiger partial charge in [0.25, 0.3) is 0 Å². The number of esters is 1. The van der Waals surface area contributed by atoms with Crippen LogP contribution in [-0.2, 0) is 19.0 Å². The zero-order valence-electron chi connectivity index (χ0n) is 10.4. The number of halogens is 1. The first-order chi connectivity index (χ1) is 7.80. The molecule has 0 saturated carbocycles. The number of methoxy groups -OCH3 is 1. The Bertz CT molecular complexity index is 264. The highest BCUT2D eigenvalue weighted by atomic mass is 35.5. The van der Waals surface area contributed by atoms with Gasteiger partial charge in [-0.05, 0) is 20.8 Å². The molecule has 0 aliphatic rings. The molecule has 6 nitrogen and oxygen atoms in total. The Kier molecular flexibility index (Phi) is 6.91. The van der Waals surface area contributed by atoms with Crippen molar-refractivity contribution in [2.45, 2.75) is 32.5 Å². The molecule has 0 radical (unpaired) electrons. The fourth-order valence-corrected chi connectivity index (χ4v) is 1.01. The van der Waals surface area contributed by atoms with Gasteiger partial charge in [-0.2, -0.15) is 0 Å². The van der Waals surface area contributed by atoms with Crippen LogP contribution in [0.15, 0.2) is 0 Å². The minimum atomic E-state index is -0.902. The topological polar surface area (TPSA) is 73.9 Å². The van der Waals surface area contributed by atoms with Gasteiger partial charge >= 0.3 is 12.1 Å². The third kappa shape index (κ3) is 7.82. The molecule has 7 heteroatoms. The molecule has 0 rings (SSSR count). The van der Waals surface area contributed by atoms with Gasteiger partial charge in [-0.3, -0.25) is 0 Å². The van der Waals surface area contributed by atoms with Crippen LogP contribution in [0.1, 0.15) is 20.8 Å².